The predicted octanol–water partition coefficient (Wildman–Crippen LogP) is 2.61. The lowest BCUT2D eigenvalue weighted by atomic mass is 10.2. The third-order valence-corrected chi connectivity index (χ3v) is 3.59. The Morgan fingerprint density at radius 2 is 1.96 bits per heavy atom. The van der Waals surface area contributed by atoms with Gasteiger partial charge in [0.15, 0.2) is 5.96 Å². The number of rotatable bonds is 11. The van der Waals surface area contributed by atoms with Gasteiger partial charge in [0, 0.05) is 32.6 Å². The van der Waals surface area contributed by atoms with Crippen LogP contribution in [-0.2, 0) is 13.0 Å². The van der Waals surface area contributed by atoms with Gasteiger partial charge in [0.2, 0.25) is 0 Å². The van der Waals surface area contributed by atoms with Crippen molar-refractivity contribution in [2.75, 3.05) is 19.6 Å². The monoisotopic (exact) mass is 322 g/mol. The van der Waals surface area contributed by atoms with E-state index in [9.17, 15) is 0 Å². The number of guanidine groups is 1. The minimum Gasteiger partial charge on any atom is -0.356 e. The second-order valence-corrected chi connectivity index (χ2v) is 6.29. The molecule has 132 valence electrons. The van der Waals surface area contributed by atoms with Gasteiger partial charge in [-0.25, -0.2) is 0 Å². The molecule has 0 fully saturated rings. The van der Waals surface area contributed by atoms with Crippen LogP contribution >= 0.6 is 0 Å². The standard InChI is InChI=1S/C17H34N6/c1-5-7-8-9-10-18-17(20-13-15(3)4)19-11-12-23-14-21-22-16(23)6-2/h14-15H,5-13H2,1-4H3,(H2,18,19,20). The molecule has 1 aromatic heterocycles. The summed E-state index contributed by atoms with van der Waals surface area (Å²) in [6.45, 7) is 12.2. The molecule has 6 heteroatoms. The molecule has 1 heterocycles. The van der Waals surface area contributed by atoms with Crippen LogP contribution in [0.25, 0.3) is 0 Å². The van der Waals surface area contributed by atoms with E-state index < -0.39 is 0 Å². The first-order chi connectivity index (χ1) is 11.2. The van der Waals surface area contributed by atoms with E-state index in [2.05, 4.69) is 58.1 Å². The molecule has 0 atom stereocenters. The molecule has 0 aliphatic carbocycles. The van der Waals surface area contributed by atoms with E-state index in [4.69, 9.17) is 0 Å². The van der Waals surface area contributed by atoms with Crippen LogP contribution in [0.4, 0.5) is 0 Å². The highest BCUT2D eigenvalue weighted by Gasteiger charge is 2.03. The van der Waals surface area contributed by atoms with Crippen molar-refractivity contribution in [1.29, 1.82) is 0 Å². The highest BCUT2D eigenvalue weighted by molar-refractivity contribution is 5.79. The van der Waals surface area contributed by atoms with Gasteiger partial charge >= 0.3 is 0 Å². The Morgan fingerprint density at radius 1 is 1.17 bits per heavy atom. The minimum absolute atomic E-state index is 0.568. The molecule has 1 rings (SSSR count). The van der Waals surface area contributed by atoms with E-state index in [0.29, 0.717) is 5.92 Å². The summed E-state index contributed by atoms with van der Waals surface area (Å²) in [5.41, 5.74) is 0. The van der Waals surface area contributed by atoms with Gasteiger partial charge in [-0.05, 0) is 12.3 Å². The summed E-state index contributed by atoms with van der Waals surface area (Å²) in [7, 11) is 0. The van der Waals surface area contributed by atoms with Crippen LogP contribution in [0.2, 0.25) is 0 Å². The van der Waals surface area contributed by atoms with Gasteiger partial charge in [-0.15, -0.1) is 10.2 Å². The second kappa shape index (κ2) is 11.9. The van der Waals surface area contributed by atoms with Gasteiger partial charge in [0.05, 0.1) is 0 Å². The Hall–Kier alpha value is -1.59. The molecule has 0 unspecified atom stereocenters. The molecular formula is C17H34N6. The third-order valence-electron chi connectivity index (χ3n) is 3.59. The van der Waals surface area contributed by atoms with E-state index in [-0.39, 0.29) is 0 Å². The highest BCUT2D eigenvalue weighted by Crippen LogP contribution is 1.98. The van der Waals surface area contributed by atoms with Gasteiger partial charge in [-0.2, -0.15) is 0 Å². The molecule has 23 heavy (non-hydrogen) atoms. The summed E-state index contributed by atoms with van der Waals surface area (Å²) in [5, 5.41) is 14.9. The van der Waals surface area contributed by atoms with E-state index in [1.165, 1.54) is 25.7 Å². The zero-order chi connectivity index (χ0) is 16.9. The Bertz CT molecular complexity index is 438. The maximum absolute atomic E-state index is 4.66. The van der Waals surface area contributed by atoms with Crippen LogP contribution in [0.15, 0.2) is 11.3 Å². The molecule has 0 saturated carbocycles. The zero-order valence-corrected chi connectivity index (χ0v) is 15.3. The van der Waals surface area contributed by atoms with Crippen LogP contribution in [0.1, 0.15) is 59.2 Å². The first kappa shape index (κ1) is 19.5. The Labute approximate surface area is 141 Å². The Kier molecular flexibility index (Phi) is 10.1. The van der Waals surface area contributed by atoms with Crippen molar-refractivity contribution in [3.05, 3.63) is 12.2 Å². The SMILES string of the molecule is CCCCCCNC(=NCC(C)C)NCCn1cnnc1CC. The molecule has 0 aromatic carbocycles. The molecule has 0 aliphatic heterocycles. The number of nitrogens with zero attached hydrogens (tertiary/aromatic N) is 4. The van der Waals surface area contributed by atoms with Crippen molar-refractivity contribution in [3.8, 4) is 0 Å². The summed E-state index contributed by atoms with van der Waals surface area (Å²) in [6, 6.07) is 0. The third kappa shape index (κ3) is 8.57. The van der Waals surface area contributed by atoms with Crippen LogP contribution in [0, 0.1) is 5.92 Å². The fourth-order valence-electron chi connectivity index (χ4n) is 2.24. The van der Waals surface area contributed by atoms with E-state index in [1.54, 1.807) is 6.33 Å². The largest absolute Gasteiger partial charge is 0.356 e. The number of unbranched alkanes of at least 4 members (excludes halogenated alkanes) is 3. The first-order valence-electron chi connectivity index (χ1n) is 9.06. The predicted molar refractivity (Wildman–Crippen MR) is 96.7 cm³/mol. The Balaban J connectivity index is 2.38. The van der Waals surface area contributed by atoms with Crippen LogP contribution in [0.5, 0.6) is 0 Å². The molecule has 1 aromatic rings. The smallest absolute Gasteiger partial charge is 0.191 e. The van der Waals surface area contributed by atoms with Crippen molar-refractivity contribution in [1.82, 2.24) is 25.4 Å². The van der Waals surface area contributed by atoms with Crippen LogP contribution in [-0.4, -0.2) is 40.4 Å². The number of hydrogen-bond donors (Lipinski definition) is 2. The summed E-state index contributed by atoms with van der Waals surface area (Å²) < 4.78 is 2.09. The van der Waals surface area contributed by atoms with E-state index >= 15 is 0 Å². The quantitative estimate of drug-likeness (QED) is 0.373. The molecule has 0 radical (unpaired) electrons. The van der Waals surface area contributed by atoms with E-state index in [1.807, 2.05) is 0 Å². The molecule has 0 amide bonds. The second-order valence-electron chi connectivity index (χ2n) is 6.29. The van der Waals surface area contributed by atoms with Crippen molar-refractivity contribution in [3.63, 3.8) is 0 Å². The minimum atomic E-state index is 0.568. The van der Waals surface area contributed by atoms with Gasteiger partial charge in [0.25, 0.3) is 0 Å². The zero-order valence-electron chi connectivity index (χ0n) is 15.3. The molecule has 0 saturated heterocycles. The lowest BCUT2D eigenvalue weighted by Crippen LogP contribution is -2.39. The first-order valence-corrected chi connectivity index (χ1v) is 9.06. The normalized spacial score (nSPS) is 12.0. The summed E-state index contributed by atoms with van der Waals surface area (Å²) in [6.07, 6.45) is 7.75. The molecule has 2 N–H and O–H groups in total. The number of aromatic nitrogens is 3. The number of hydrogen-bond acceptors (Lipinski definition) is 3. The Morgan fingerprint density at radius 3 is 2.65 bits per heavy atom. The average Bonchev–Trinajstić information content (AvgIpc) is 2.99. The number of nitrogens with one attached hydrogen (secondary N) is 2. The molecule has 0 spiro atoms. The number of aliphatic imine (C=N–C) groups is 1. The molecule has 0 bridgehead atoms. The lowest BCUT2D eigenvalue weighted by molar-refractivity contribution is 0.612. The van der Waals surface area contributed by atoms with Crippen molar-refractivity contribution >= 4 is 5.96 Å². The van der Waals surface area contributed by atoms with Crippen LogP contribution in [0.3, 0.4) is 0 Å². The number of aryl methyl sites for hydroxylation is 1. The fraction of sp³-hybridized carbons (Fsp3) is 0.824. The summed E-state index contributed by atoms with van der Waals surface area (Å²) in [4.78, 5) is 4.66. The lowest BCUT2D eigenvalue weighted by Gasteiger charge is -2.14. The molecule has 6 nitrogen and oxygen atoms in total. The maximum atomic E-state index is 4.66. The van der Waals surface area contributed by atoms with Crippen molar-refractivity contribution in [2.45, 2.75) is 66.3 Å². The van der Waals surface area contributed by atoms with Gasteiger partial charge in [0.1, 0.15) is 12.2 Å². The van der Waals surface area contributed by atoms with Gasteiger partial charge < -0.3 is 15.2 Å². The van der Waals surface area contributed by atoms with Crippen molar-refractivity contribution < 1.29 is 0 Å². The highest BCUT2D eigenvalue weighted by atomic mass is 15.3. The summed E-state index contributed by atoms with van der Waals surface area (Å²) >= 11 is 0. The van der Waals surface area contributed by atoms with Crippen LogP contribution < -0.4 is 10.6 Å². The van der Waals surface area contributed by atoms with Crippen molar-refractivity contribution in [2.24, 2.45) is 10.9 Å². The van der Waals surface area contributed by atoms with Gasteiger partial charge in [-0.1, -0.05) is 47.0 Å². The van der Waals surface area contributed by atoms with E-state index in [0.717, 1.165) is 44.4 Å². The molecule has 0 aliphatic rings. The maximum Gasteiger partial charge on any atom is 0.191 e. The molecular weight excluding hydrogens is 288 g/mol. The topological polar surface area (TPSA) is 67.1 Å². The average molecular weight is 323 g/mol. The fourth-order valence-corrected chi connectivity index (χ4v) is 2.24. The summed E-state index contributed by atoms with van der Waals surface area (Å²) in [5.74, 6) is 2.51. The van der Waals surface area contributed by atoms with Gasteiger partial charge in [-0.3, -0.25) is 4.99 Å².